The molecule has 1 nitrogen and oxygen atoms in total. The number of hydrogen-bond donors (Lipinski definition) is 0. The number of ether oxygens (including phenoxy) is 1. The van der Waals surface area contributed by atoms with E-state index in [0.717, 1.165) is 29.0 Å². The average Bonchev–Trinajstić information content (AvgIpc) is 2.81. The molecule has 0 fully saturated rings. The number of benzene rings is 2. The number of rotatable bonds is 1. The number of para-hydroxylation sites is 1. The van der Waals surface area contributed by atoms with E-state index in [2.05, 4.69) is 0 Å². The van der Waals surface area contributed by atoms with Crippen molar-refractivity contribution in [3.05, 3.63) is 65.2 Å². The van der Waals surface area contributed by atoms with Crippen molar-refractivity contribution >= 4 is 0 Å². The van der Waals surface area contributed by atoms with E-state index in [9.17, 15) is 13.2 Å². The van der Waals surface area contributed by atoms with Crippen LogP contribution in [0.5, 0.6) is 5.75 Å². The van der Waals surface area contributed by atoms with Crippen molar-refractivity contribution in [2.75, 3.05) is 0 Å². The largest absolute Gasteiger partial charge is 0.485 e. The Morgan fingerprint density at radius 1 is 0.947 bits per heavy atom. The normalized spacial score (nSPS) is 17.9. The summed E-state index contributed by atoms with van der Waals surface area (Å²) in [7, 11) is 0. The van der Waals surface area contributed by atoms with Crippen molar-refractivity contribution in [2.45, 2.75) is 18.7 Å². The zero-order valence-corrected chi connectivity index (χ0v) is 9.95. The van der Waals surface area contributed by atoms with Gasteiger partial charge in [-0.05, 0) is 29.3 Å². The van der Waals surface area contributed by atoms with Crippen molar-refractivity contribution in [1.82, 2.24) is 0 Å². The van der Waals surface area contributed by atoms with Gasteiger partial charge in [0, 0.05) is 6.42 Å². The number of hydrogen-bond acceptors (Lipinski definition) is 1. The van der Waals surface area contributed by atoms with Crippen molar-refractivity contribution in [2.24, 2.45) is 0 Å². The maximum absolute atomic E-state index is 12.5. The van der Waals surface area contributed by atoms with Crippen LogP contribution in [-0.2, 0) is 12.6 Å². The number of fused-ring (bicyclic) bond motifs is 1. The lowest BCUT2D eigenvalue weighted by Crippen LogP contribution is -2.07. The third-order valence-corrected chi connectivity index (χ3v) is 3.26. The van der Waals surface area contributed by atoms with Crippen LogP contribution in [-0.4, -0.2) is 0 Å². The molecule has 3 rings (SSSR count). The summed E-state index contributed by atoms with van der Waals surface area (Å²) in [6.07, 6.45) is -3.79. The Morgan fingerprint density at radius 3 is 2.26 bits per heavy atom. The quantitative estimate of drug-likeness (QED) is 0.742. The number of halogens is 3. The first-order valence-corrected chi connectivity index (χ1v) is 5.96. The molecule has 0 radical (unpaired) electrons. The van der Waals surface area contributed by atoms with Gasteiger partial charge in [0.15, 0.2) is 0 Å². The maximum atomic E-state index is 12.5. The van der Waals surface area contributed by atoms with Gasteiger partial charge in [-0.3, -0.25) is 0 Å². The molecule has 0 N–H and O–H groups in total. The highest BCUT2D eigenvalue weighted by atomic mass is 19.4. The second-order valence-corrected chi connectivity index (χ2v) is 4.54. The van der Waals surface area contributed by atoms with Crippen molar-refractivity contribution in [3.8, 4) is 5.75 Å². The Hall–Kier alpha value is -1.97. The predicted molar refractivity (Wildman–Crippen MR) is 65.0 cm³/mol. The van der Waals surface area contributed by atoms with Gasteiger partial charge in [0.1, 0.15) is 11.9 Å². The van der Waals surface area contributed by atoms with Crippen LogP contribution in [0, 0.1) is 0 Å². The molecule has 2 aromatic carbocycles. The molecule has 0 bridgehead atoms. The first-order chi connectivity index (χ1) is 9.04. The molecule has 0 aromatic heterocycles. The highest BCUT2D eigenvalue weighted by Gasteiger charge is 2.31. The summed E-state index contributed by atoms with van der Waals surface area (Å²) in [5, 5.41) is 0. The molecule has 19 heavy (non-hydrogen) atoms. The third-order valence-electron chi connectivity index (χ3n) is 3.26. The summed E-state index contributed by atoms with van der Waals surface area (Å²) in [6, 6.07) is 12.8. The molecule has 98 valence electrons. The van der Waals surface area contributed by atoms with Crippen molar-refractivity contribution in [3.63, 3.8) is 0 Å². The SMILES string of the molecule is FC(F)(F)c1ccc([C@@H]2Cc3ccccc3O2)cc1. The van der Waals surface area contributed by atoms with E-state index in [1.165, 1.54) is 12.1 Å². The average molecular weight is 264 g/mol. The van der Waals surface area contributed by atoms with E-state index >= 15 is 0 Å². The summed E-state index contributed by atoms with van der Waals surface area (Å²) in [5.41, 5.74) is 1.23. The van der Waals surface area contributed by atoms with E-state index in [1.54, 1.807) is 0 Å². The zero-order chi connectivity index (χ0) is 13.5. The fourth-order valence-electron chi connectivity index (χ4n) is 2.25. The molecule has 0 amide bonds. The molecule has 0 saturated carbocycles. The summed E-state index contributed by atoms with van der Waals surface area (Å²) < 4.78 is 43.2. The monoisotopic (exact) mass is 264 g/mol. The van der Waals surface area contributed by atoms with Gasteiger partial charge in [-0.15, -0.1) is 0 Å². The summed E-state index contributed by atoms with van der Waals surface area (Å²) in [4.78, 5) is 0. The number of alkyl halides is 3. The smallest absolute Gasteiger partial charge is 0.416 e. The van der Waals surface area contributed by atoms with Gasteiger partial charge in [-0.1, -0.05) is 30.3 Å². The molecule has 0 aliphatic carbocycles. The molecule has 1 aliphatic heterocycles. The summed E-state index contributed by atoms with van der Waals surface area (Å²) in [5.74, 6) is 0.812. The molecular weight excluding hydrogens is 253 g/mol. The zero-order valence-electron chi connectivity index (χ0n) is 9.95. The first kappa shape index (κ1) is 12.1. The fraction of sp³-hybridized carbons (Fsp3) is 0.200. The molecule has 2 aromatic rings. The van der Waals surface area contributed by atoms with Crippen molar-refractivity contribution in [1.29, 1.82) is 0 Å². The summed E-state index contributed by atoms with van der Waals surface area (Å²) >= 11 is 0. The molecule has 0 saturated heterocycles. The maximum Gasteiger partial charge on any atom is 0.416 e. The van der Waals surface area contributed by atoms with Crippen LogP contribution in [0.4, 0.5) is 13.2 Å². The Morgan fingerprint density at radius 2 is 1.63 bits per heavy atom. The van der Waals surface area contributed by atoms with Crippen LogP contribution in [0.1, 0.15) is 22.8 Å². The molecule has 1 atom stereocenters. The van der Waals surface area contributed by atoms with Gasteiger partial charge in [0.25, 0.3) is 0 Å². The van der Waals surface area contributed by atoms with Gasteiger partial charge in [-0.25, -0.2) is 0 Å². The third kappa shape index (κ3) is 2.30. The highest BCUT2D eigenvalue weighted by Crippen LogP contribution is 2.37. The Bertz CT molecular complexity index is 562. The Labute approximate surface area is 108 Å². The minimum Gasteiger partial charge on any atom is -0.485 e. The lowest BCUT2D eigenvalue weighted by molar-refractivity contribution is -0.137. The molecule has 4 heteroatoms. The van der Waals surface area contributed by atoms with Crippen LogP contribution < -0.4 is 4.74 Å². The van der Waals surface area contributed by atoms with Crippen LogP contribution in [0.15, 0.2) is 48.5 Å². The van der Waals surface area contributed by atoms with Gasteiger partial charge in [0.05, 0.1) is 5.56 Å². The molecule has 1 heterocycles. The minimum atomic E-state index is -4.29. The topological polar surface area (TPSA) is 9.23 Å². The minimum absolute atomic E-state index is 0.195. The standard InChI is InChI=1S/C15H11F3O/c16-15(17,18)12-7-5-10(6-8-12)14-9-11-3-1-2-4-13(11)19-14/h1-8,14H,9H2/t14-/m0/s1. The van der Waals surface area contributed by atoms with Gasteiger partial charge >= 0.3 is 6.18 Å². The van der Waals surface area contributed by atoms with E-state index < -0.39 is 11.7 Å². The summed E-state index contributed by atoms with van der Waals surface area (Å²) in [6.45, 7) is 0. The van der Waals surface area contributed by atoms with Crippen LogP contribution in [0.2, 0.25) is 0 Å². The lowest BCUT2D eigenvalue weighted by Gasteiger charge is -2.12. The second-order valence-electron chi connectivity index (χ2n) is 4.54. The molecule has 0 spiro atoms. The van der Waals surface area contributed by atoms with Gasteiger partial charge in [-0.2, -0.15) is 13.2 Å². The second kappa shape index (κ2) is 4.30. The van der Waals surface area contributed by atoms with E-state index in [1.807, 2.05) is 24.3 Å². The highest BCUT2D eigenvalue weighted by molar-refractivity contribution is 5.40. The van der Waals surface area contributed by atoms with Gasteiger partial charge in [0.2, 0.25) is 0 Å². The van der Waals surface area contributed by atoms with Crippen molar-refractivity contribution < 1.29 is 17.9 Å². The molecule has 0 unspecified atom stereocenters. The first-order valence-electron chi connectivity index (χ1n) is 5.96. The van der Waals surface area contributed by atoms with E-state index in [0.29, 0.717) is 6.42 Å². The van der Waals surface area contributed by atoms with E-state index in [4.69, 9.17) is 4.74 Å². The van der Waals surface area contributed by atoms with Gasteiger partial charge < -0.3 is 4.74 Å². The Balaban J connectivity index is 1.82. The van der Waals surface area contributed by atoms with Crippen LogP contribution >= 0.6 is 0 Å². The van der Waals surface area contributed by atoms with Crippen LogP contribution in [0.25, 0.3) is 0 Å². The predicted octanol–water partition coefficient (Wildman–Crippen LogP) is 4.38. The van der Waals surface area contributed by atoms with E-state index in [-0.39, 0.29) is 6.10 Å². The Kier molecular flexibility index (Phi) is 2.73. The van der Waals surface area contributed by atoms with Crippen LogP contribution in [0.3, 0.4) is 0 Å². The molecule has 1 aliphatic rings. The lowest BCUT2D eigenvalue weighted by atomic mass is 10.0. The fourth-order valence-corrected chi connectivity index (χ4v) is 2.25. The molecular formula is C15H11F3O.